The van der Waals surface area contributed by atoms with Gasteiger partial charge < -0.3 is 4.90 Å². The highest BCUT2D eigenvalue weighted by Crippen LogP contribution is 2.42. The number of hydrogen-bond acceptors (Lipinski definition) is 3. The van der Waals surface area contributed by atoms with Gasteiger partial charge in [0.15, 0.2) is 7.59 Å². The monoisotopic (exact) mass is 472 g/mol. The van der Waals surface area contributed by atoms with Gasteiger partial charge in [0.05, 0.1) is 6.04 Å². The van der Waals surface area contributed by atoms with Crippen LogP contribution < -0.4 is 0 Å². The molecule has 1 aromatic rings. The molecule has 1 heterocycles. The fraction of sp³-hybridized carbons (Fsp3) is 0.714. The van der Waals surface area contributed by atoms with Crippen molar-refractivity contribution in [3.05, 3.63) is 16.6 Å². The lowest BCUT2D eigenvalue weighted by molar-refractivity contribution is -0.133. The van der Waals surface area contributed by atoms with Crippen molar-refractivity contribution in [2.24, 2.45) is 11.8 Å². The summed E-state index contributed by atoms with van der Waals surface area (Å²) in [6, 6.07) is -0.314. The van der Waals surface area contributed by atoms with Crippen molar-refractivity contribution in [2.75, 3.05) is 7.05 Å². The first-order valence-electron chi connectivity index (χ1n) is 7.12. The molecule has 138 valence electrons. The minimum Gasteiger partial charge on any atom is -0.336 e. The van der Waals surface area contributed by atoms with Crippen LogP contribution in [0.25, 0.3) is 0 Å². The van der Waals surface area contributed by atoms with E-state index in [2.05, 4.69) is 4.98 Å². The molecule has 10 heteroatoms. The standard InChI is InChI=1S/C14H18Cl6N2OS/c1-8(13(15,16)17)6-10(12-21-4-5-24-12)22(3)11(23)7-9(2)14(18,19)20/h4-5,8-10H,6-7H2,1-3H3/t8-,9-,10?/m0/s1. The van der Waals surface area contributed by atoms with Crippen LogP contribution >= 0.6 is 80.9 Å². The molecular weight excluding hydrogens is 457 g/mol. The Morgan fingerprint density at radius 2 is 1.71 bits per heavy atom. The van der Waals surface area contributed by atoms with E-state index in [-0.39, 0.29) is 24.3 Å². The van der Waals surface area contributed by atoms with Crippen molar-refractivity contribution in [3.63, 3.8) is 0 Å². The molecule has 0 bridgehead atoms. The highest BCUT2D eigenvalue weighted by Gasteiger charge is 2.36. The Kier molecular flexibility index (Phi) is 8.74. The normalized spacial score (nSPS) is 16.5. The molecule has 3 atom stereocenters. The maximum absolute atomic E-state index is 12.6. The van der Waals surface area contributed by atoms with Crippen molar-refractivity contribution >= 4 is 86.8 Å². The Balaban J connectivity index is 2.93. The van der Waals surface area contributed by atoms with Gasteiger partial charge in [-0.05, 0) is 6.42 Å². The van der Waals surface area contributed by atoms with Crippen LogP contribution in [0.15, 0.2) is 11.6 Å². The predicted molar refractivity (Wildman–Crippen MR) is 106 cm³/mol. The van der Waals surface area contributed by atoms with E-state index in [1.165, 1.54) is 11.3 Å². The van der Waals surface area contributed by atoms with Crippen molar-refractivity contribution in [2.45, 2.75) is 40.3 Å². The molecule has 1 amide bonds. The van der Waals surface area contributed by atoms with Crippen molar-refractivity contribution in [1.82, 2.24) is 9.88 Å². The molecule has 3 nitrogen and oxygen atoms in total. The zero-order valence-electron chi connectivity index (χ0n) is 13.3. The quantitative estimate of drug-likeness (QED) is 0.445. The molecule has 0 aliphatic heterocycles. The Hall–Kier alpha value is 0.840. The van der Waals surface area contributed by atoms with Crippen LogP contribution in [-0.4, -0.2) is 30.4 Å². The highest BCUT2D eigenvalue weighted by atomic mass is 35.6. The molecule has 0 aliphatic carbocycles. The minimum absolute atomic E-state index is 0.0943. The number of carbonyl (C=O) groups is 1. The van der Waals surface area contributed by atoms with Gasteiger partial charge in [0, 0.05) is 36.9 Å². The maximum Gasteiger partial charge on any atom is 0.223 e. The number of aromatic nitrogens is 1. The van der Waals surface area contributed by atoms with Crippen LogP contribution in [0.4, 0.5) is 0 Å². The van der Waals surface area contributed by atoms with Crippen molar-refractivity contribution in [1.29, 1.82) is 0 Å². The van der Waals surface area contributed by atoms with Gasteiger partial charge in [-0.1, -0.05) is 83.5 Å². The third kappa shape index (κ3) is 6.86. The average Bonchev–Trinajstić information content (AvgIpc) is 2.95. The van der Waals surface area contributed by atoms with E-state index in [9.17, 15) is 4.79 Å². The number of rotatable bonds is 6. The second-order valence-electron chi connectivity index (χ2n) is 5.72. The van der Waals surface area contributed by atoms with Crippen molar-refractivity contribution in [3.8, 4) is 0 Å². The first kappa shape index (κ1) is 22.9. The van der Waals surface area contributed by atoms with Gasteiger partial charge in [-0.2, -0.15) is 0 Å². The van der Waals surface area contributed by atoms with Crippen molar-refractivity contribution < 1.29 is 4.79 Å². The van der Waals surface area contributed by atoms with Gasteiger partial charge in [-0.25, -0.2) is 4.98 Å². The zero-order valence-corrected chi connectivity index (χ0v) is 18.6. The molecule has 0 aromatic carbocycles. The van der Waals surface area contributed by atoms with Gasteiger partial charge >= 0.3 is 0 Å². The molecule has 0 N–H and O–H groups in total. The van der Waals surface area contributed by atoms with E-state index in [1.54, 1.807) is 25.1 Å². The van der Waals surface area contributed by atoms with Crippen LogP contribution in [0.3, 0.4) is 0 Å². The van der Waals surface area contributed by atoms with Gasteiger partial charge in [0.1, 0.15) is 5.01 Å². The maximum atomic E-state index is 12.6. The van der Waals surface area contributed by atoms with Gasteiger partial charge in [0.25, 0.3) is 0 Å². The second-order valence-corrected chi connectivity index (χ2v) is 11.4. The summed E-state index contributed by atoms with van der Waals surface area (Å²) in [5, 5.41) is 2.61. The number of nitrogens with zero attached hydrogens (tertiary/aromatic N) is 2. The number of amides is 1. The number of thiazole rings is 1. The molecular formula is C14H18Cl6N2OS. The molecule has 0 saturated heterocycles. The first-order valence-corrected chi connectivity index (χ1v) is 10.3. The number of halogens is 6. The fourth-order valence-electron chi connectivity index (χ4n) is 1.99. The molecule has 0 fully saturated rings. The van der Waals surface area contributed by atoms with E-state index in [0.29, 0.717) is 6.42 Å². The summed E-state index contributed by atoms with van der Waals surface area (Å²) in [4.78, 5) is 18.5. The van der Waals surface area contributed by atoms with E-state index < -0.39 is 13.5 Å². The summed E-state index contributed by atoms with van der Waals surface area (Å²) < 4.78 is -2.93. The predicted octanol–water partition coefficient (Wildman–Crippen LogP) is 6.44. The van der Waals surface area contributed by atoms with E-state index >= 15 is 0 Å². The molecule has 0 saturated carbocycles. The summed E-state index contributed by atoms with van der Waals surface area (Å²) in [6.45, 7) is 3.52. The largest absolute Gasteiger partial charge is 0.336 e. The van der Waals surface area contributed by atoms with Crippen LogP contribution in [-0.2, 0) is 4.79 Å². The van der Waals surface area contributed by atoms with E-state index in [0.717, 1.165) is 5.01 Å². The van der Waals surface area contributed by atoms with E-state index in [4.69, 9.17) is 69.6 Å². The zero-order chi connectivity index (χ0) is 18.7. The van der Waals surface area contributed by atoms with Crippen LogP contribution in [0.1, 0.15) is 37.7 Å². The lowest BCUT2D eigenvalue weighted by Gasteiger charge is -2.32. The molecule has 1 unspecified atom stereocenters. The number of carbonyl (C=O) groups excluding carboxylic acids is 1. The van der Waals surface area contributed by atoms with Gasteiger partial charge in [0.2, 0.25) is 5.91 Å². The molecule has 24 heavy (non-hydrogen) atoms. The molecule has 0 spiro atoms. The first-order chi connectivity index (χ1) is 10.8. The lowest BCUT2D eigenvalue weighted by Crippen LogP contribution is -2.36. The Bertz CT molecular complexity index is 528. The average molecular weight is 475 g/mol. The summed E-state index contributed by atoms with van der Waals surface area (Å²) in [5.41, 5.74) is 0. The summed E-state index contributed by atoms with van der Waals surface area (Å²) in [7, 11) is 1.69. The summed E-state index contributed by atoms with van der Waals surface area (Å²) in [5.74, 6) is -0.872. The van der Waals surface area contributed by atoms with Crippen LogP contribution in [0, 0.1) is 11.8 Å². The SMILES string of the molecule is C[C@@H](CC(=O)N(C)C(C[C@H](C)C(Cl)(Cl)Cl)c1nccs1)C(Cl)(Cl)Cl. The van der Waals surface area contributed by atoms with E-state index in [1.807, 2.05) is 12.3 Å². The molecule has 0 aliphatic rings. The fourth-order valence-corrected chi connectivity index (χ4v) is 3.28. The highest BCUT2D eigenvalue weighted by molar-refractivity contribution is 7.09. The topological polar surface area (TPSA) is 33.2 Å². The Labute approximate surface area is 176 Å². The summed E-state index contributed by atoms with van der Waals surface area (Å²) in [6.07, 6.45) is 2.22. The second kappa shape index (κ2) is 9.16. The Morgan fingerprint density at radius 3 is 2.12 bits per heavy atom. The van der Waals surface area contributed by atoms with Crippen LogP contribution in [0.2, 0.25) is 0 Å². The third-order valence-electron chi connectivity index (χ3n) is 3.77. The summed E-state index contributed by atoms with van der Waals surface area (Å²) >= 11 is 36.9. The van der Waals surface area contributed by atoms with Gasteiger partial charge in [-0.15, -0.1) is 11.3 Å². The number of alkyl halides is 6. The third-order valence-corrected chi connectivity index (χ3v) is 6.88. The minimum atomic E-state index is -1.50. The lowest BCUT2D eigenvalue weighted by atomic mass is 10.0. The number of hydrogen-bond donors (Lipinski definition) is 0. The Morgan fingerprint density at radius 1 is 1.17 bits per heavy atom. The molecule has 0 radical (unpaired) electrons. The smallest absolute Gasteiger partial charge is 0.223 e. The molecule has 1 rings (SSSR count). The van der Waals surface area contributed by atoms with Gasteiger partial charge in [-0.3, -0.25) is 4.79 Å². The van der Waals surface area contributed by atoms with Crippen LogP contribution in [0.5, 0.6) is 0 Å². The molecule has 1 aromatic heterocycles.